The van der Waals surface area contributed by atoms with Gasteiger partial charge in [-0.15, -0.1) is 29.3 Å². The summed E-state index contributed by atoms with van der Waals surface area (Å²) in [5, 5.41) is 12.3. The van der Waals surface area contributed by atoms with Gasteiger partial charge < -0.3 is 5.11 Å². The molecule has 336 valence electrons. The Labute approximate surface area is 413 Å². The monoisotopic (exact) mass is 1050 g/mol. The van der Waals surface area contributed by atoms with Crippen molar-refractivity contribution in [1.29, 1.82) is 0 Å². The van der Waals surface area contributed by atoms with Crippen LogP contribution in [0.5, 0.6) is 5.75 Å². The van der Waals surface area contributed by atoms with Gasteiger partial charge >= 0.3 is 0 Å². The number of imidazole rings is 1. The molecule has 0 amide bonds. The number of hydrogen-bond acceptors (Lipinski definition) is 3. The second kappa shape index (κ2) is 18.4. The molecule has 2 aromatic heterocycles. The van der Waals surface area contributed by atoms with Crippen molar-refractivity contribution in [2.45, 2.75) is 118 Å². The fourth-order valence-electron chi connectivity index (χ4n) is 8.14. The molecule has 8 rings (SSSR count). The SMILES string of the molecule is [2H]c1c([2H])c(C(C)(C)C)c([2H])c([2H])c1-c1ccnc(-c2[c-]c(-c3cccc4c3nc(-c3cc(C(C)C)cc(C(C)C)c3O)n4-c3ccc(-c4cccc(C([2H])(C)C)c4)cc3C([2H])([2H])[2H])cc(C(C)(C)C)c2)c1.[Pt]. The molecular weight excluding hydrogens is 974 g/mol. The van der Waals surface area contributed by atoms with E-state index in [1.165, 1.54) is 0 Å². The first-order valence-corrected chi connectivity index (χ1v) is 22.3. The van der Waals surface area contributed by atoms with Crippen molar-refractivity contribution in [2.24, 2.45) is 0 Å². The Morgan fingerprint density at radius 1 is 0.662 bits per heavy atom. The molecule has 0 atom stereocenters. The summed E-state index contributed by atoms with van der Waals surface area (Å²) in [5.74, 6) is -0.365. The van der Waals surface area contributed by atoms with Crippen LogP contribution < -0.4 is 0 Å². The average molecular weight is 1050 g/mol. The zero-order valence-corrected chi connectivity index (χ0v) is 41.8. The van der Waals surface area contributed by atoms with Crippen molar-refractivity contribution in [3.8, 4) is 67.5 Å². The van der Waals surface area contributed by atoms with Gasteiger partial charge in [0.2, 0.25) is 0 Å². The smallest absolute Gasteiger partial charge is 0.148 e. The van der Waals surface area contributed by atoms with E-state index in [4.69, 9.17) is 20.9 Å². The van der Waals surface area contributed by atoms with E-state index in [2.05, 4.69) is 46.8 Å². The normalized spacial score (nSPS) is 14.2. The molecule has 0 aliphatic rings. The quantitative estimate of drug-likeness (QED) is 0.147. The fraction of sp³-hybridized carbons (Fsp3) is 0.300. The number of aromatic nitrogens is 3. The van der Waals surface area contributed by atoms with Gasteiger partial charge in [-0.05, 0) is 116 Å². The van der Waals surface area contributed by atoms with Crippen molar-refractivity contribution in [3.63, 3.8) is 0 Å². The Morgan fingerprint density at radius 2 is 1.34 bits per heavy atom. The molecule has 5 heteroatoms. The van der Waals surface area contributed by atoms with Crippen LogP contribution in [0.4, 0.5) is 0 Å². The maximum atomic E-state index is 12.3. The van der Waals surface area contributed by atoms with Crippen LogP contribution in [0.2, 0.25) is 0 Å². The van der Waals surface area contributed by atoms with Crippen molar-refractivity contribution >= 4 is 11.0 Å². The van der Waals surface area contributed by atoms with Gasteiger partial charge in [-0.3, -0.25) is 9.55 Å². The zero-order valence-electron chi connectivity index (χ0n) is 47.6. The van der Waals surface area contributed by atoms with E-state index in [0.29, 0.717) is 67.2 Å². The first-order valence-electron chi connectivity index (χ1n) is 26.3. The number of nitrogens with zero attached hydrogens (tertiary/aromatic N) is 3. The van der Waals surface area contributed by atoms with Crippen LogP contribution >= 0.6 is 0 Å². The van der Waals surface area contributed by atoms with E-state index in [1.54, 1.807) is 24.4 Å². The molecule has 0 fully saturated rings. The number of benzene rings is 6. The van der Waals surface area contributed by atoms with Gasteiger partial charge in [0, 0.05) is 38.4 Å². The molecule has 0 saturated heterocycles. The molecule has 6 aromatic carbocycles. The number of aryl methyl sites for hydroxylation is 1. The number of rotatable bonds is 9. The Hall–Kier alpha value is -5.57. The predicted molar refractivity (Wildman–Crippen MR) is 271 cm³/mol. The van der Waals surface area contributed by atoms with Gasteiger partial charge in [0.25, 0.3) is 0 Å². The maximum Gasteiger partial charge on any atom is 0.148 e. The van der Waals surface area contributed by atoms with Crippen molar-refractivity contribution in [3.05, 3.63) is 167 Å². The third-order valence-electron chi connectivity index (χ3n) is 12.1. The number of phenolic OH excluding ortho intramolecular Hbond substituents is 1. The summed E-state index contributed by atoms with van der Waals surface area (Å²) in [7, 11) is 0. The summed E-state index contributed by atoms with van der Waals surface area (Å²) in [6.45, 7) is 21.3. The second-order valence-corrected chi connectivity index (χ2v) is 19.9. The largest absolute Gasteiger partial charge is 0.507 e. The minimum Gasteiger partial charge on any atom is -0.507 e. The molecule has 0 spiro atoms. The van der Waals surface area contributed by atoms with E-state index < -0.39 is 18.2 Å². The van der Waals surface area contributed by atoms with E-state index >= 15 is 0 Å². The van der Waals surface area contributed by atoms with Gasteiger partial charge in [0.1, 0.15) is 11.6 Å². The van der Waals surface area contributed by atoms with Crippen LogP contribution in [0.15, 0.2) is 127 Å². The number of hydrogen-bond donors (Lipinski definition) is 1. The third kappa shape index (κ3) is 9.57. The number of aromatic hydroxyl groups is 1. The van der Waals surface area contributed by atoms with Crippen LogP contribution in [0.25, 0.3) is 72.7 Å². The van der Waals surface area contributed by atoms with Crippen LogP contribution in [-0.4, -0.2) is 19.6 Å². The number of pyridine rings is 1. The summed E-state index contributed by atoms with van der Waals surface area (Å²) < 4.78 is 73.6. The van der Waals surface area contributed by atoms with Gasteiger partial charge in [-0.2, -0.15) is 0 Å². The Balaban J connectivity index is 0.00000780. The molecule has 8 aromatic rings. The molecule has 0 aliphatic carbocycles. The van der Waals surface area contributed by atoms with Gasteiger partial charge in [0.15, 0.2) is 0 Å². The summed E-state index contributed by atoms with van der Waals surface area (Å²) in [6.07, 6.45) is 1.62. The second-order valence-electron chi connectivity index (χ2n) is 19.9. The fourth-order valence-corrected chi connectivity index (χ4v) is 8.14. The summed E-state index contributed by atoms with van der Waals surface area (Å²) in [4.78, 5) is 10.2. The van der Waals surface area contributed by atoms with Crippen LogP contribution in [0.3, 0.4) is 0 Å². The van der Waals surface area contributed by atoms with Crippen molar-refractivity contribution < 1.29 is 37.1 Å². The first kappa shape index (κ1) is 37.6. The molecule has 65 heavy (non-hydrogen) atoms. The molecule has 0 radical (unpaired) electrons. The minimum absolute atomic E-state index is 0. The Bertz CT molecular complexity index is 3400. The molecule has 0 aliphatic heterocycles. The summed E-state index contributed by atoms with van der Waals surface area (Å²) in [5.41, 5.74) is 9.73. The standard InChI is InChI=1S/C60H64N3O.Pt/c1-36(2)41-16-14-17-42(29-41)43-22-25-54(39(7)28-43)63-55-19-15-18-50(56(55)62-58(63)52-34-45(37(3)4)33-51(38(5)6)57(52)64)46-30-47(32-49(31-46)60(11,12)13)53-35-44(26-27-61-53)40-20-23-48(24-21-40)59(8,9)10;/h14-29,31-38,64H,1-13H3;/q-1;/i7D3,20D,21D,23D,24D,36D;. The molecule has 0 unspecified atom stereocenters. The van der Waals surface area contributed by atoms with E-state index in [-0.39, 0.29) is 79.4 Å². The third-order valence-corrected chi connectivity index (χ3v) is 12.1. The Morgan fingerprint density at radius 3 is 2.00 bits per heavy atom. The minimum atomic E-state index is -2.58. The van der Waals surface area contributed by atoms with E-state index in [1.807, 2.05) is 126 Å². The topological polar surface area (TPSA) is 50.9 Å². The summed E-state index contributed by atoms with van der Waals surface area (Å²) >= 11 is 0. The van der Waals surface area contributed by atoms with E-state index in [9.17, 15) is 5.11 Å². The van der Waals surface area contributed by atoms with Crippen molar-refractivity contribution in [1.82, 2.24) is 14.5 Å². The van der Waals surface area contributed by atoms with Crippen LogP contribution in [0, 0.1) is 12.9 Å². The molecule has 2 heterocycles. The summed E-state index contributed by atoms with van der Waals surface area (Å²) in [6, 6.07) is 33.8. The number of fused-ring (bicyclic) bond motifs is 1. The Kier molecular flexibility index (Phi) is 10.6. The van der Waals surface area contributed by atoms with Crippen molar-refractivity contribution in [2.75, 3.05) is 0 Å². The van der Waals surface area contributed by atoms with Crippen LogP contribution in [-0.2, 0) is 31.9 Å². The molecule has 1 N–H and O–H groups in total. The maximum absolute atomic E-state index is 12.3. The van der Waals surface area contributed by atoms with E-state index in [0.717, 1.165) is 27.8 Å². The van der Waals surface area contributed by atoms with Gasteiger partial charge in [0.05, 0.1) is 27.8 Å². The molecule has 4 nitrogen and oxygen atoms in total. The number of para-hydroxylation sites is 1. The molecule has 0 saturated carbocycles. The van der Waals surface area contributed by atoms with Gasteiger partial charge in [-0.1, -0.05) is 173 Å². The molecule has 0 bridgehead atoms. The molecular formula is C60H64N3OPt-. The average Bonchev–Trinajstić information content (AvgIpc) is 3.69. The van der Waals surface area contributed by atoms with Gasteiger partial charge in [-0.25, -0.2) is 4.98 Å². The predicted octanol–water partition coefficient (Wildman–Crippen LogP) is 16.5. The van der Waals surface area contributed by atoms with Crippen LogP contribution in [0.1, 0.15) is 145 Å². The zero-order chi connectivity index (χ0) is 52.7. The number of phenols is 1. The first-order chi connectivity index (χ1) is 33.5.